The van der Waals surface area contributed by atoms with E-state index in [1.54, 1.807) is 18.9 Å². The average molecular weight is 278 g/mol. The molecule has 0 atom stereocenters. The van der Waals surface area contributed by atoms with Crippen LogP contribution in [0, 0.1) is 16.7 Å². The van der Waals surface area contributed by atoms with Crippen LogP contribution in [0.25, 0.3) is 0 Å². The van der Waals surface area contributed by atoms with E-state index in [-0.39, 0.29) is 5.41 Å². The fourth-order valence-corrected chi connectivity index (χ4v) is 2.34. The molecule has 0 aliphatic rings. The van der Waals surface area contributed by atoms with Crippen LogP contribution in [0.15, 0.2) is 23.1 Å². The van der Waals surface area contributed by atoms with Gasteiger partial charge in [-0.2, -0.15) is 5.26 Å². The van der Waals surface area contributed by atoms with Gasteiger partial charge in [0.05, 0.1) is 11.3 Å². The molecule has 0 aliphatic heterocycles. The van der Waals surface area contributed by atoms with Gasteiger partial charge in [-0.15, -0.1) is 11.8 Å². The van der Waals surface area contributed by atoms with Crippen molar-refractivity contribution < 1.29 is 4.74 Å². The van der Waals surface area contributed by atoms with Gasteiger partial charge in [0.1, 0.15) is 6.07 Å². The van der Waals surface area contributed by atoms with Gasteiger partial charge < -0.3 is 10.1 Å². The topological polar surface area (TPSA) is 45.0 Å². The van der Waals surface area contributed by atoms with E-state index >= 15 is 0 Å². The number of anilines is 1. The third-order valence-electron chi connectivity index (χ3n) is 3.10. The predicted octanol–water partition coefficient (Wildman–Crippen LogP) is 3.75. The van der Waals surface area contributed by atoms with E-state index in [1.165, 1.54) is 0 Å². The van der Waals surface area contributed by atoms with Crippen molar-refractivity contribution in [1.82, 2.24) is 0 Å². The lowest BCUT2D eigenvalue weighted by molar-refractivity contribution is 0.157. The van der Waals surface area contributed by atoms with E-state index in [9.17, 15) is 5.26 Å². The number of nitrogens with zero attached hydrogens (tertiary/aromatic N) is 1. The van der Waals surface area contributed by atoms with E-state index in [2.05, 4.69) is 25.2 Å². The van der Waals surface area contributed by atoms with Crippen LogP contribution in [-0.4, -0.2) is 26.5 Å². The minimum Gasteiger partial charge on any atom is -0.385 e. The van der Waals surface area contributed by atoms with Crippen molar-refractivity contribution in [3.63, 3.8) is 0 Å². The van der Waals surface area contributed by atoms with Gasteiger partial charge >= 0.3 is 0 Å². The normalized spacial score (nSPS) is 11.1. The number of thioether (sulfide) groups is 1. The number of methoxy groups -OCH3 is 1. The maximum atomic E-state index is 9.28. The summed E-state index contributed by atoms with van der Waals surface area (Å²) in [5.41, 5.74) is 1.79. The number of ether oxygens (including phenoxy) is 1. The molecule has 0 heterocycles. The SMILES string of the molecule is COCCC(C)(C)CNc1cccc(SC)c1C#N. The molecule has 1 aromatic carbocycles. The zero-order chi connectivity index (χ0) is 14.3. The molecule has 0 bridgehead atoms. The first-order valence-electron chi connectivity index (χ1n) is 6.34. The zero-order valence-electron chi connectivity index (χ0n) is 12.1. The molecule has 3 nitrogen and oxygen atoms in total. The van der Waals surface area contributed by atoms with Gasteiger partial charge in [-0.1, -0.05) is 19.9 Å². The summed E-state index contributed by atoms with van der Waals surface area (Å²) in [5, 5.41) is 12.7. The van der Waals surface area contributed by atoms with Gasteiger partial charge in [0.25, 0.3) is 0 Å². The molecular weight excluding hydrogens is 256 g/mol. The first kappa shape index (κ1) is 15.9. The number of nitrogens with one attached hydrogen (secondary N) is 1. The second kappa shape index (κ2) is 7.42. The molecule has 4 heteroatoms. The minimum atomic E-state index is 0.137. The fraction of sp³-hybridized carbons (Fsp3) is 0.533. The molecule has 0 spiro atoms. The zero-order valence-corrected chi connectivity index (χ0v) is 12.9. The lowest BCUT2D eigenvalue weighted by Gasteiger charge is -2.25. The quantitative estimate of drug-likeness (QED) is 0.771. The van der Waals surface area contributed by atoms with E-state index in [1.807, 2.05) is 24.5 Å². The van der Waals surface area contributed by atoms with Crippen LogP contribution < -0.4 is 5.32 Å². The second-order valence-corrected chi connectivity index (χ2v) is 6.10. The summed E-state index contributed by atoms with van der Waals surface area (Å²) in [7, 11) is 1.72. The van der Waals surface area contributed by atoms with E-state index in [0.29, 0.717) is 0 Å². The van der Waals surface area contributed by atoms with Crippen molar-refractivity contribution in [2.45, 2.75) is 25.2 Å². The van der Waals surface area contributed by atoms with Gasteiger partial charge in [-0.3, -0.25) is 0 Å². The van der Waals surface area contributed by atoms with Gasteiger partial charge in [0.15, 0.2) is 0 Å². The van der Waals surface area contributed by atoms with Gasteiger partial charge in [0, 0.05) is 25.2 Å². The monoisotopic (exact) mass is 278 g/mol. The van der Waals surface area contributed by atoms with Gasteiger partial charge in [-0.25, -0.2) is 0 Å². The van der Waals surface area contributed by atoms with Crippen LogP contribution in [0.3, 0.4) is 0 Å². The molecule has 0 aromatic heterocycles. The summed E-state index contributed by atoms with van der Waals surface area (Å²) in [6, 6.07) is 8.21. The Morgan fingerprint density at radius 2 is 2.16 bits per heavy atom. The molecule has 0 radical (unpaired) electrons. The summed E-state index contributed by atoms with van der Waals surface area (Å²) < 4.78 is 5.13. The van der Waals surface area contributed by atoms with E-state index in [0.717, 1.165) is 35.7 Å². The minimum absolute atomic E-state index is 0.137. The lowest BCUT2D eigenvalue weighted by Crippen LogP contribution is -2.25. The van der Waals surface area contributed by atoms with Crippen LogP contribution >= 0.6 is 11.8 Å². The summed E-state index contributed by atoms with van der Waals surface area (Å²) >= 11 is 1.60. The predicted molar refractivity (Wildman–Crippen MR) is 81.7 cm³/mol. The molecule has 1 rings (SSSR count). The fourth-order valence-electron chi connectivity index (χ4n) is 1.77. The number of rotatable bonds is 7. The second-order valence-electron chi connectivity index (χ2n) is 5.26. The summed E-state index contributed by atoms with van der Waals surface area (Å²) in [4.78, 5) is 1.02. The molecule has 0 saturated carbocycles. The van der Waals surface area contributed by atoms with Crippen molar-refractivity contribution in [3.05, 3.63) is 23.8 Å². The average Bonchev–Trinajstić information content (AvgIpc) is 2.42. The molecule has 1 N–H and O–H groups in total. The standard InChI is InChI=1S/C15H22N2OS/c1-15(2,8-9-18-3)11-17-13-6-5-7-14(19-4)12(13)10-16/h5-7,17H,8-9,11H2,1-4H3. The Kier molecular flexibility index (Phi) is 6.20. The Balaban J connectivity index is 2.75. The van der Waals surface area contributed by atoms with Crippen LogP contribution in [0.5, 0.6) is 0 Å². The highest BCUT2D eigenvalue weighted by Crippen LogP contribution is 2.28. The first-order valence-corrected chi connectivity index (χ1v) is 7.56. The summed E-state index contributed by atoms with van der Waals surface area (Å²) in [5.74, 6) is 0. The number of hydrogen-bond donors (Lipinski definition) is 1. The molecule has 0 amide bonds. The molecule has 0 aliphatic carbocycles. The lowest BCUT2D eigenvalue weighted by atomic mass is 9.89. The Labute approximate surface area is 120 Å². The number of benzene rings is 1. The molecule has 19 heavy (non-hydrogen) atoms. The first-order chi connectivity index (χ1) is 9.04. The Morgan fingerprint density at radius 1 is 1.42 bits per heavy atom. The van der Waals surface area contributed by atoms with E-state index in [4.69, 9.17) is 4.74 Å². The van der Waals surface area contributed by atoms with Crippen molar-refractivity contribution in [3.8, 4) is 6.07 Å². The van der Waals surface area contributed by atoms with Crippen LogP contribution in [0.1, 0.15) is 25.8 Å². The highest BCUT2D eigenvalue weighted by atomic mass is 32.2. The molecule has 0 saturated heterocycles. The third kappa shape index (κ3) is 4.77. The van der Waals surface area contributed by atoms with Crippen LogP contribution in [-0.2, 0) is 4.74 Å². The Bertz CT molecular complexity index is 452. The molecule has 1 aromatic rings. The van der Waals surface area contributed by atoms with E-state index < -0.39 is 0 Å². The Morgan fingerprint density at radius 3 is 2.74 bits per heavy atom. The highest BCUT2D eigenvalue weighted by molar-refractivity contribution is 7.98. The molecule has 0 unspecified atom stereocenters. The summed E-state index contributed by atoms with van der Waals surface area (Å²) in [6.07, 6.45) is 2.98. The maximum absolute atomic E-state index is 9.28. The smallest absolute Gasteiger partial charge is 0.102 e. The van der Waals surface area contributed by atoms with Crippen molar-refractivity contribution in [1.29, 1.82) is 5.26 Å². The van der Waals surface area contributed by atoms with Crippen molar-refractivity contribution >= 4 is 17.4 Å². The van der Waals surface area contributed by atoms with Crippen LogP contribution in [0.2, 0.25) is 0 Å². The number of hydrogen-bond acceptors (Lipinski definition) is 4. The molecule has 0 fully saturated rings. The largest absolute Gasteiger partial charge is 0.385 e. The maximum Gasteiger partial charge on any atom is 0.102 e. The van der Waals surface area contributed by atoms with Crippen molar-refractivity contribution in [2.75, 3.05) is 31.8 Å². The summed E-state index contributed by atoms with van der Waals surface area (Å²) in [6.45, 7) is 5.97. The molecular formula is C15H22N2OS. The van der Waals surface area contributed by atoms with Crippen molar-refractivity contribution in [2.24, 2.45) is 5.41 Å². The highest BCUT2D eigenvalue weighted by Gasteiger charge is 2.18. The third-order valence-corrected chi connectivity index (χ3v) is 3.88. The number of nitriles is 1. The molecule has 104 valence electrons. The Hall–Kier alpha value is -1.18. The van der Waals surface area contributed by atoms with Gasteiger partial charge in [0.2, 0.25) is 0 Å². The van der Waals surface area contributed by atoms with Gasteiger partial charge in [-0.05, 0) is 30.2 Å². The van der Waals surface area contributed by atoms with Crippen LogP contribution in [0.4, 0.5) is 5.69 Å².